The maximum absolute atomic E-state index is 12.0. The summed E-state index contributed by atoms with van der Waals surface area (Å²) in [6.07, 6.45) is 1.93. The average molecular weight is 320 g/mol. The first-order valence-electron chi connectivity index (χ1n) is 5.45. The highest BCUT2D eigenvalue weighted by molar-refractivity contribution is 9.10. The number of halogens is 1. The van der Waals surface area contributed by atoms with Gasteiger partial charge in [0.2, 0.25) is 10.0 Å². The Balaban J connectivity index is 2.03. The average Bonchev–Trinajstić information content (AvgIpc) is 2.79. The van der Waals surface area contributed by atoms with Crippen LogP contribution in [0, 0.1) is 0 Å². The predicted octanol–water partition coefficient (Wildman–Crippen LogP) is 1.91. The molecule has 17 heavy (non-hydrogen) atoms. The molecule has 1 aliphatic rings. The van der Waals surface area contributed by atoms with Gasteiger partial charge in [0.05, 0.1) is 11.0 Å². The topological polar surface area (TPSA) is 55.4 Å². The summed E-state index contributed by atoms with van der Waals surface area (Å²) in [6.45, 7) is 1.07. The fourth-order valence-electron chi connectivity index (χ4n) is 1.73. The quantitative estimate of drug-likeness (QED) is 0.922. The second-order valence-electron chi connectivity index (χ2n) is 3.94. The van der Waals surface area contributed by atoms with Crippen molar-refractivity contribution < 1.29 is 13.2 Å². The molecule has 1 aliphatic heterocycles. The Bertz CT molecular complexity index is 483. The molecular weight excluding hydrogens is 306 g/mol. The molecule has 4 nitrogen and oxygen atoms in total. The molecule has 0 amide bonds. The van der Waals surface area contributed by atoms with Crippen LogP contribution in [0.15, 0.2) is 33.6 Å². The highest BCUT2D eigenvalue weighted by Gasteiger charge is 2.20. The van der Waals surface area contributed by atoms with Crippen LogP contribution < -0.4 is 4.72 Å². The predicted molar refractivity (Wildman–Crippen MR) is 68.3 cm³/mol. The molecular formula is C11H14BrNO3S. The Labute approximate surface area is 110 Å². The minimum atomic E-state index is -3.43. The van der Waals surface area contributed by atoms with Gasteiger partial charge in [0.1, 0.15) is 0 Å². The Kier molecular flexibility index (Phi) is 4.19. The normalized spacial score (nSPS) is 20.6. The molecule has 0 aliphatic carbocycles. The van der Waals surface area contributed by atoms with Crippen molar-refractivity contribution in [2.24, 2.45) is 0 Å². The van der Waals surface area contributed by atoms with Crippen LogP contribution in [0.25, 0.3) is 0 Å². The second-order valence-corrected chi connectivity index (χ2v) is 6.63. The van der Waals surface area contributed by atoms with Crippen LogP contribution in [-0.4, -0.2) is 27.7 Å². The van der Waals surface area contributed by atoms with Crippen molar-refractivity contribution in [1.29, 1.82) is 0 Å². The summed E-state index contributed by atoms with van der Waals surface area (Å²) in [5.41, 5.74) is 0. The van der Waals surface area contributed by atoms with Crippen molar-refractivity contribution in [3.8, 4) is 0 Å². The van der Waals surface area contributed by atoms with E-state index in [1.54, 1.807) is 24.3 Å². The van der Waals surface area contributed by atoms with Gasteiger partial charge in [-0.1, -0.05) is 22.0 Å². The third-order valence-electron chi connectivity index (χ3n) is 2.63. The summed E-state index contributed by atoms with van der Waals surface area (Å²) in [7, 11) is -3.43. The van der Waals surface area contributed by atoms with Gasteiger partial charge < -0.3 is 4.74 Å². The zero-order chi connectivity index (χ0) is 12.3. The van der Waals surface area contributed by atoms with Gasteiger partial charge in [-0.2, -0.15) is 0 Å². The van der Waals surface area contributed by atoms with Crippen LogP contribution >= 0.6 is 15.9 Å². The molecule has 1 heterocycles. The lowest BCUT2D eigenvalue weighted by Gasteiger charge is -2.11. The number of sulfonamides is 1. The minimum Gasteiger partial charge on any atom is -0.377 e. The lowest BCUT2D eigenvalue weighted by atomic mass is 10.2. The van der Waals surface area contributed by atoms with E-state index < -0.39 is 10.0 Å². The Morgan fingerprint density at radius 2 is 2.29 bits per heavy atom. The van der Waals surface area contributed by atoms with Gasteiger partial charge in [0, 0.05) is 17.6 Å². The number of benzene rings is 1. The van der Waals surface area contributed by atoms with Gasteiger partial charge in [-0.05, 0) is 31.0 Å². The second kappa shape index (κ2) is 5.48. The van der Waals surface area contributed by atoms with Crippen molar-refractivity contribution in [2.45, 2.75) is 23.8 Å². The van der Waals surface area contributed by atoms with E-state index in [1.807, 2.05) is 0 Å². The van der Waals surface area contributed by atoms with E-state index in [9.17, 15) is 8.42 Å². The zero-order valence-corrected chi connectivity index (χ0v) is 11.6. The van der Waals surface area contributed by atoms with Gasteiger partial charge in [-0.15, -0.1) is 0 Å². The number of nitrogens with one attached hydrogen (secondary N) is 1. The molecule has 0 radical (unpaired) electrons. The van der Waals surface area contributed by atoms with Crippen molar-refractivity contribution >= 4 is 26.0 Å². The molecule has 0 spiro atoms. The van der Waals surface area contributed by atoms with Crippen molar-refractivity contribution in [2.75, 3.05) is 13.2 Å². The van der Waals surface area contributed by atoms with E-state index in [4.69, 9.17) is 4.74 Å². The van der Waals surface area contributed by atoms with E-state index in [0.717, 1.165) is 23.9 Å². The maximum Gasteiger partial charge on any atom is 0.240 e. The van der Waals surface area contributed by atoms with E-state index in [1.165, 1.54) is 0 Å². The molecule has 1 aromatic rings. The third kappa shape index (κ3) is 3.51. The molecule has 1 saturated heterocycles. The van der Waals surface area contributed by atoms with E-state index in [-0.39, 0.29) is 11.0 Å². The molecule has 0 bridgehead atoms. The highest BCUT2D eigenvalue weighted by atomic mass is 79.9. The van der Waals surface area contributed by atoms with E-state index in [0.29, 0.717) is 6.54 Å². The zero-order valence-electron chi connectivity index (χ0n) is 9.23. The molecule has 6 heteroatoms. The molecule has 94 valence electrons. The maximum atomic E-state index is 12.0. The Hall–Kier alpha value is -0.430. The molecule has 1 fully saturated rings. The van der Waals surface area contributed by atoms with Crippen LogP contribution in [0.3, 0.4) is 0 Å². The number of ether oxygens (including phenoxy) is 1. The number of rotatable bonds is 4. The lowest BCUT2D eigenvalue weighted by molar-refractivity contribution is 0.114. The van der Waals surface area contributed by atoms with Crippen LogP contribution in [0.2, 0.25) is 0 Å². The van der Waals surface area contributed by atoms with Crippen LogP contribution in [0.4, 0.5) is 0 Å². The number of hydrogen-bond acceptors (Lipinski definition) is 3. The molecule has 1 unspecified atom stereocenters. The van der Waals surface area contributed by atoms with Crippen LogP contribution in [-0.2, 0) is 14.8 Å². The first-order valence-corrected chi connectivity index (χ1v) is 7.72. The van der Waals surface area contributed by atoms with Gasteiger partial charge in [-0.25, -0.2) is 13.1 Å². The summed E-state index contributed by atoms with van der Waals surface area (Å²) >= 11 is 3.26. The number of hydrogen-bond donors (Lipinski definition) is 1. The lowest BCUT2D eigenvalue weighted by Crippen LogP contribution is -2.31. The van der Waals surface area contributed by atoms with Gasteiger partial charge in [-0.3, -0.25) is 0 Å². The van der Waals surface area contributed by atoms with Gasteiger partial charge in [0.25, 0.3) is 0 Å². The van der Waals surface area contributed by atoms with Crippen molar-refractivity contribution in [1.82, 2.24) is 4.72 Å². The van der Waals surface area contributed by atoms with Crippen LogP contribution in [0.1, 0.15) is 12.8 Å². The summed E-state index contributed by atoms with van der Waals surface area (Å²) in [4.78, 5) is 0.268. The molecule has 0 saturated carbocycles. The molecule has 1 atom stereocenters. The van der Waals surface area contributed by atoms with Gasteiger partial charge in [0.15, 0.2) is 0 Å². The monoisotopic (exact) mass is 319 g/mol. The Morgan fingerprint density at radius 1 is 1.47 bits per heavy atom. The molecule has 1 N–H and O–H groups in total. The van der Waals surface area contributed by atoms with E-state index in [2.05, 4.69) is 20.7 Å². The smallest absolute Gasteiger partial charge is 0.240 e. The third-order valence-corrected chi connectivity index (χ3v) is 4.55. The van der Waals surface area contributed by atoms with Crippen LogP contribution in [0.5, 0.6) is 0 Å². The molecule has 0 aromatic heterocycles. The summed E-state index contributed by atoms with van der Waals surface area (Å²) in [6, 6.07) is 6.64. The molecule has 1 aromatic carbocycles. The Morgan fingerprint density at radius 3 is 2.94 bits per heavy atom. The largest absolute Gasteiger partial charge is 0.377 e. The van der Waals surface area contributed by atoms with Crippen molar-refractivity contribution in [3.63, 3.8) is 0 Å². The summed E-state index contributed by atoms with van der Waals surface area (Å²) in [5.74, 6) is 0. The summed E-state index contributed by atoms with van der Waals surface area (Å²) in [5, 5.41) is 0. The first-order chi connectivity index (χ1) is 8.08. The van der Waals surface area contributed by atoms with E-state index >= 15 is 0 Å². The highest BCUT2D eigenvalue weighted by Crippen LogP contribution is 2.17. The summed E-state index contributed by atoms with van der Waals surface area (Å²) < 4.78 is 32.6. The fraction of sp³-hybridized carbons (Fsp3) is 0.455. The SMILES string of the molecule is O=S(=O)(NCC1CCCO1)c1cccc(Br)c1. The first kappa shape index (κ1) is 13.0. The minimum absolute atomic E-state index is 0.0110. The molecule has 2 rings (SSSR count). The fourth-order valence-corrected chi connectivity index (χ4v) is 3.39. The van der Waals surface area contributed by atoms with Crippen molar-refractivity contribution in [3.05, 3.63) is 28.7 Å². The van der Waals surface area contributed by atoms with Gasteiger partial charge >= 0.3 is 0 Å². The standard InChI is InChI=1S/C11H14BrNO3S/c12-9-3-1-5-11(7-9)17(14,15)13-8-10-4-2-6-16-10/h1,3,5,7,10,13H,2,4,6,8H2.